The van der Waals surface area contributed by atoms with Crippen LogP contribution in [0.25, 0.3) is 22.8 Å². The standard InChI is InChI=1S/C34H46N4O4Si/c1-23(2)40-31-14-12-28(20-29(31)21-35)33-36-32(37-41-33)27-11-10-25-15-17-38(18-16-26(25)19-27)22-30(39)13-9-24(3)42-43(7,8)34(4,5)6/h10-12,14,19-20,23-24H,9,13,15-18,22H2,1-8H3/t24-/m0/s1. The van der Waals surface area contributed by atoms with Gasteiger partial charge in [0.2, 0.25) is 5.82 Å². The van der Waals surface area contributed by atoms with Gasteiger partial charge in [-0.15, -0.1) is 0 Å². The minimum atomic E-state index is -1.83. The summed E-state index contributed by atoms with van der Waals surface area (Å²) in [4.78, 5) is 19.8. The first-order chi connectivity index (χ1) is 20.3. The van der Waals surface area contributed by atoms with Crippen LogP contribution < -0.4 is 4.74 Å². The minimum Gasteiger partial charge on any atom is -0.490 e. The second-order valence-electron chi connectivity index (χ2n) is 13.4. The van der Waals surface area contributed by atoms with Gasteiger partial charge in [0.05, 0.1) is 18.2 Å². The van der Waals surface area contributed by atoms with Gasteiger partial charge >= 0.3 is 0 Å². The Balaban J connectivity index is 1.35. The Morgan fingerprint density at radius 2 is 1.77 bits per heavy atom. The fourth-order valence-corrected chi connectivity index (χ4v) is 6.54. The van der Waals surface area contributed by atoms with Crippen LogP contribution in [0.3, 0.4) is 0 Å². The van der Waals surface area contributed by atoms with Crippen molar-refractivity contribution < 1.29 is 18.5 Å². The molecule has 3 aromatic rings. The lowest BCUT2D eigenvalue weighted by Crippen LogP contribution is -2.43. The van der Waals surface area contributed by atoms with Gasteiger partial charge in [0.15, 0.2) is 8.32 Å². The topological polar surface area (TPSA) is 101 Å². The Morgan fingerprint density at radius 1 is 1.07 bits per heavy atom. The maximum atomic E-state index is 12.9. The third-order valence-corrected chi connectivity index (χ3v) is 13.1. The van der Waals surface area contributed by atoms with Crippen LogP contribution >= 0.6 is 0 Å². The van der Waals surface area contributed by atoms with E-state index in [9.17, 15) is 10.1 Å². The largest absolute Gasteiger partial charge is 0.490 e. The number of carbonyl (C=O) groups excluding carboxylic acids is 1. The third-order valence-electron chi connectivity index (χ3n) is 8.53. The van der Waals surface area contributed by atoms with Crippen LogP contribution in [0.1, 0.15) is 71.1 Å². The molecular weight excluding hydrogens is 556 g/mol. The van der Waals surface area contributed by atoms with E-state index in [2.05, 4.69) is 74.0 Å². The van der Waals surface area contributed by atoms with E-state index in [0.29, 0.717) is 41.6 Å². The van der Waals surface area contributed by atoms with E-state index < -0.39 is 8.32 Å². The number of ketones is 1. The zero-order valence-electron chi connectivity index (χ0n) is 27.0. The molecule has 0 aliphatic carbocycles. The summed E-state index contributed by atoms with van der Waals surface area (Å²) in [7, 11) is -1.83. The monoisotopic (exact) mass is 602 g/mol. The molecule has 0 amide bonds. The van der Waals surface area contributed by atoms with Gasteiger partial charge in [-0.05, 0) is 93.6 Å². The molecule has 230 valence electrons. The van der Waals surface area contributed by atoms with Crippen molar-refractivity contribution in [3.05, 3.63) is 53.1 Å². The Bertz CT molecular complexity index is 1470. The van der Waals surface area contributed by atoms with E-state index in [1.807, 2.05) is 26.0 Å². The highest BCUT2D eigenvalue weighted by molar-refractivity contribution is 6.74. The van der Waals surface area contributed by atoms with Gasteiger partial charge in [0.25, 0.3) is 5.89 Å². The average Bonchev–Trinajstić information content (AvgIpc) is 3.34. The van der Waals surface area contributed by atoms with Crippen LogP contribution in [0.2, 0.25) is 18.1 Å². The number of aromatic nitrogens is 2. The average molecular weight is 603 g/mol. The number of nitrogens with zero attached hydrogens (tertiary/aromatic N) is 4. The van der Waals surface area contributed by atoms with Gasteiger partial charge in [-0.1, -0.05) is 38.1 Å². The van der Waals surface area contributed by atoms with Crippen molar-refractivity contribution in [2.24, 2.45) is 0 Å². The third kappa shape index (κ3) is 8.41. The first-order valence-electron chi connectivity index (χ1n) is 15.3. The van der Waals surface area contributed by atoms with E-state index in [-0.39, 0.29) is 23.0 Å². The molecule has 0 N–H and O–H groups in total. The molecule has 1 aliphatic heterocycles. The van der Waals surface area contributed by atoms with Gasteiger partial charge in [0, 0.05) is 36.7 Å². The van der Waals surface area contributed by atoms with Crippen molar-refractivity contribution in [2.45, 2.75) is 97.6 Å². The van der Waals surface area contributed by atoms with Crippen molar-refractivity contribution in [3.8, 4) is 34.7 Å². The first-order valence-corrected chi connectivity index (χ1v) is 18.3. The van der Waals surface area contributed by atoms with Gasteiger partial charge < -0.3 is 13.7 Å². The number of ether oxygens (including phenoxy) is 1. The molecule has 1 atom stereocenters. The maximum absolute atomic E-state index is 12.9. The number of fused-ring (bicyclic) bond motifs is 1. The predicted octanol–water partition coefficient (Wildman–Crippen LogP) is 7.22. The Labute approximate surface area is 257 Å². The summed E-state index contributed by atoms with van der Waals surface area (Å²) >= 11 is 0. The molecule has 8 nitrogen and oxygen atoms in total. The number of hydrogen-bond acceptors (Lipinski definition) is 8. The Kier molecular flexibility index (Phi) is 10.3. The number of rotatable bonds is 11. The number of Topliss-reactive ketones (excluding diaryl/α,β-unsaturated/α-hetero) is 1. The normalized spacial score (nSPS) is 15.1. The molecule has 1 aliphatic rings. The summed E-state index contributed by atoms with van der Waals surface area (Å²) in [5, 5.41) is 14.0. The van der Waals surface area contributed by atoms with Crippen LogP contribution in [0, 0.1) is 11.3 Å². The lowest BCUT2D eigenvalue weighted by molar-refractivity contribution is -0.120. The van der Waals surface area contributed by atoms with E-state index >= 15 is 0 Å². The molecule has 4 rings (SSSR count). The van der Waals surface area contributed by atoms with E-state index in [4.69, 9.17) is 13.7 Å². The van der Waals surface area contributed by atoms with Gasteiger partial charge in [-0.2, -0.15) is 10.2 Å². The molecule has 0 saturated heterocycles. The number of hydrogen-bond donors (Lipinski definition) is 0. The number of benzene rings is 2. The van der Waals surface area contributed by atoms with Crippen molar-refractivity contribution in [1.82, 2.24) is 15.0 Å². The molecule has 43 heavy (non-hydrogen) atoms. The van der Waals surface area contributed by atoms with Crippen LogP contribution in [-0.2, 0) is 22.1 Å². The van der Waals surface area contributed by atoms with Crippen molar-refractivity contribution in [2.75, 3.05) is 19.6 Å². The SMILES string of the molecule is CC(C)Oc1ccc(-c2nc(-c3ccc4c(c3)CCN(CC(=O)CC[C@H](C)O[Si](C)(C)C(C)(C)C)CC4)no2)cc1C#N. The molecule has 0 radical (unpaired) electrons. The molecule has 0 fully saturated rings. The fraction of sp³-hybridized carbons (Fsp3) is 0.529. The lowest BCUT2D eigenvalue weighted by Gasteiger charge is -2.38. The molecule has 2 heterocycles. The second kappa shape index (κ2) is 13.5. The molecule has 9 heteroatoms. The first kappa shape index (κ1) is 32.6. The van der Waals surface area contributed by atoms with E-state index in [0.717, 1.165) is 37.9 Å². The summed E-state index contributed by atoms with van der Waals surface area (Å²) in [6, 6.07) is 13.8. The highest BCUT2D eigenvalue weighted by atomic mass is 28.4. The zero-order valence-corrected chi connectivity index (χ0v) is 28.0. The van der Waals surface area contributed by atoms with Gasteiger partial charge in [-0.3, -0.25) is 9.69 Å². The summed E-state index contributed by atoms with van der Waals surface area (Å²) in [6.07, 6.45) is 3.13. The highest BCUT2D eigenvalue weighted by Gasteiger charge is 2.38. The van der Waals surface area contributed by atoms with Crippen LogP contribution in [0.4, 0.5) is 0 Å². The predicted molar refractivity (Wildman–Crippen MR) is 171 cm³/mol. The van der Waals surface area contributed by atoms with E-state index in [1.165, 1.54) is 11.1 Å². The smallest absolute Gasteiger partial charge is 0.258 e. The van der Waals surface area contributed by atoms with Crippen LogP contribution in [0.5, 0.6) is 5.75 Å². The van der Waals surface area contributed by atoms with E-state index in [1.54, 1.807) is 12.1 Å². The summed E-state index contributed by atoms with van der Waals surface area (Å²) in [6.45, 7) is 19.4. The minimum absolute atomic E-state index is 0.0324. The molecular formula is C34H46N4O4Si. The molecule has 0 unspecified atom stereocenters. The molecule has 0 saturated carbocycles. The van der Waals surface area contributed by atoms with Gasteiger partial charge in [0.1, 0.15) is 17.6 Å². The van der Waals surface area contributed by atoms with Crippen molar-refractivity contribution in [3.63, 3.8) is 0 Å². The zero-order chi connectivity index (χ0) is 31.4. The molecule has 2 aromatic carbocycles. The molecule has 0 bridgehead atoms. The Morgan fingerprint density at radius 3 is 2.44 bits per heavy atom. The highest BCUT2D eigenvalue weighted by Crippen LogP contribution is 2.37. The quantitative estimate of drug-likeness (QED) is 0.212. The lowest BCUT2D eigenvalue weighted by atomic mass is 10.00. The molecule has 1 aromatic heterocycles. The maximum Gasteiger partial charge on any atom is 0.258 e. The second-order valence-corrected chi connectivity index (χ2v) is 18.2. The Hall–Kier alpha value is -3.32. The number of carbonyl (C=O) groups is 1. The number of nitriles is 1. The van der Waals surface area contributed by atoms with Crippen molar-refractivity contribution >= 4 is 14.1 Å². The van der Waals surface area contributed by atoms with Crippen LogP contribution in [0.15, 0.2) is 40.9 Å². The van der Waals surface area contributed by atoms with Crippen LogP contribution in [-0.4, -0.2) is 61.0 Å². The van der Waals surface area contributed by atoms with Gasteiger partial charge in [-0.25, -0.2) is 0 Å². The fourth-order valence-electron chi connectivity index (χ4n) is 5.07. The van der Waals surface area contributed by atoms with Crippen molar-refractivity contribution in [1.29, 1.82) is 5.26 Å². The summed E-state index contributed by atoms with van der Waals surface area (Å²) < 4.78 is 17.7. The summed E-state index contributed by atoms with van der Waals surface area (Å²) in [5.74, 6) is 1.67. The summed E-state index contributed by atoms with van der Waals surface area (Å²) in [5.41, 5.74) is 4.51. The molecule has 0 spiro atoms.